The zero-order valence-corrected chi connectivity index (χ0v) is 6.40. The smallest absolute Gasteiger partial charge is 0.0822 e. The monoisotopic (exact) mass is 162 g/mol. The van der Waals surface area contributed by atoms with Gasteiger partial charge in [-0.15, -0.1) is 12.4 Å². The Labute approximate surface area is 66.4 Å². The molecule has 0 aromatic rings. The van der Waals surface area contributed by atoms with Crippen molar-refractivity contribution < 1.29 is 5.11 Å². The number of hydrogen-bond acceptors (Lipinski definition) is 3. The first kappa shape index (κ1) is 9.70. The second kappa shape index (κ2) is 4.51. The van der Waals surface area contributed by atoms with Crippen LogP contribution in [-0.4, -0.2) is 24.3 Å². The van der Waals surface area contributed by atoms with Crippen molar-refractivity contribution >= 4 is 12.4 Å². The number of halogens is 1. The first-order valence-corrected chi connectivity index (χ1v) is 3.13. The SMILES string of the molecule is Cl.N#C[C@@H]1CCNC[C@@H]1O. The minimum Gasteiger partial charge on any atom is -0.390 e. The van der Waals surface area contributed by atoms with Crippen LogP contribution in [0.2, 0.25) is 0 Å². The van der Waals surface area contributed by atoms with Crippen LogP contribution >= 0.6 is 12.4 Å². The second-order valence-electron chi connectivity index (χ2n) is 2.30. The fraction of sp³-hybridized carbons (Fsp3) is 0.833. The van der Waals surface area contributed by atoms with Gasteiger partial charge in [-0.1, -0.05) is 0 Å². The fourth-order valence-electron chi connectivity index (χ4n) is 0.993. The predicted octanol–water partition coefficient (Wildman–Crippen LogP) is -0.0978. The fourth-order valence-corrected chi connectivity index (χ4v) is 0.993. The number of nitrogens with one attached hydrogen (secondary N) is 1. The third-order valence-electron chi connectivity index (χ3n) is 1.62. The maximum Gasteiger partial charge on any atom is 0.0822 e. The highest BCUT2D eigenvalue weighted by Gasteiger charge is 2.21. The van der Waals surface area contributed by atoms with Crippen molar-refractivity contribution in [3.8, 4) is 6.07 Å². The Balaban J connectivity index is 0.000000810. The van der Waals surface area contributed by atoms with E-state index in [-0.39, 0.29) is 18.3 Å². The Bertz CT molecular complexity index is 134. The Kier molecular flexibility index (Phi) is 4.37. The molecule has 1 aliphatic rings. The highest BCUT2D eigenvalue weighted by molar-refractivity contribution is 5.85. The van der Waals surface area contributed by atoms with Crippen LogP contribution in [0.5, 0.6) is 0 Å². The van der Waals surface area contributed by atoms with Crippen LogP contribution in [0.1, 0.15) is 6.42 Å². The zero-order valence-electron chi connectivity index (χ0n) is 5.58. The molecule has 10 heavy (non-hydrogen) atoms. The third-order valence-corrected chi connectivity index (χ3v) is 1.62. The highest BCUT2D eigenvalue weighted by atomic mass is 35.5. The predicted molar refractivity (Wildman–Crippen MR) is 39.8 cm³/mol. The molecule has 1 saturated heterocycles. The second-order valence-corrected chi connectivity index (χ2v) is 2.30. The van der Waals surface area contributed by atoms with E-state index in [4.69, 9.17) is 10.4 Å². The molecular weight excluding hydrogens is 152 g/mol. The van der Waals surface area contributed by atoms with Crippen molar-refractivity contribution in [1.82, 2.24) is 5.32 Å². The quantitative estimate of drug-likeness (QED) is 0.523. The van der Waals surface area contributed by atoms with Crippen molar-refractivity contribution in [2.24, 2.45) is 5.92 Å². The summed E-state index contributed by atoms with van der Waals surface area (Å²) in [5.74, 6) is -0.147. The van der Waals surface area contributed by atoms with E-state index in [0.717, 1.165) is 13.0 Å². The van der Waals surface area contributed by atoms with Crippen LogP contribution in [-0.2, 0) is 0 Å². The van der Waals surface area contributed by atoms with Gasteiger partial charge in [0.2, 0.25) is 0 Å². The summed E-state index contributed by atoms with van der Waals surface area (Å²) >= 11 is 0. The van der Waals surface area contributed by atoms with Gasteiger partial charge in [0, 0.05) is 6.54 Å². The molecule has 0 spiro atoms. The van der Waals surface area contributed by atoms with E-state index in [0.29, 0.717) is 6.54 Å². The van der Waals surface area contributed by atoms with E-state index in [1.807, 2.05) is 0 Å². The van der Waals surface area contributed by atoms with Crippen LogP contribution in [0.25, 0.3) is 0 Å². The summed E-state index contributed by atoms with van der Waals surface area (Å²) in [6.07, 6.45) is 0.321. The van der Waals surface area contributed by atoms with Gasteiger partial charge in [-0.05, 0) is 13.0 Å². The molecule has 0 amide bonds. The average molecular weight is 163 g/mol. The molecule has 4 heteroatoms. The molecule has 0 aromatic heterocycles. The van der Waals surface area contributed by atoms with Crippen molar-refractivity contribution in [3.63, 3.8) is 0 Å². The summed E-state index contributed by atoms with van der Waals surface area (Å²) in [6, 6.07) is 2.06. The number of piperidine rings is 1. The van der Waals surface area contributed by atoms with Gasteiger partial charge in [0.25, 0.3) is 0 Å². The summed E-state index contributed by atoms with van der Waals surface area (Å²) in [6.45, 7) is 1.42. The average Bonchev–Trinajstić information content (AvgIpc) is 1.89. The Hall–Kier alpha value is -0.300. The molecule has 1 heterocycles. The molecule has 1 rings (SSSR count). The molecule has 0 aromatic carbocycles. The lowest BCUT2D eigenvalue weighted by molar-refractivity contribution is 0.108. The molecule has 0 aliphatic carbocycles. The van der Waals surface area contributed by atoms with E-state index in [9.17, 15) is 0 Å². The van der Waals surface area contributed by atoms with E-state index < -0.39 is 6.10 Å². The minimum atomic E-state index is -0.455. The van der Waals surface area contributed by atoms with Gasteiger partial charge >= 0.3 is 0 Å². The summed E-state index contributed by atoms with van der Waals surface area (Å²) in [7, 11) is 0. The van der Waals surface area contributed by atoms with Gasteiger partial charge in [0.15, 0.2) is 0 Å². The van der Waals surface area contributed by atoms with Gasteiger partial charge in [-0.3, -0.25) is 0 Å². The van der Waals surface area contributed by atoms with E-state index in [1.165, 1.54) is 0 Å². The lowest BCUT2D eigenvalue weighted by Gasteiger charge is -2.22. The number of nitrogens with zero attached hydrogens (tertiary/aromatic N) is 1. The molecular formula is C6H11ClN2O. The van der Waals surface area contributed by atoms with Crippen LogP contribution in [0.4, 0.5) is 0 Å². The van der Waals surface area contributed by atoms with Crippen molar-refractivity contribution in [1.29, 1.82) is 5.26 Å². The summed E-state index contributed by atoms with van der Waals surface area (Å²) in [5.41, 5.74) is 0. The van der Waals surface area contributed by atoms with Crippen LogP contribution in [0.3, 0.4) is 0 Å². The number of hydrogen-bond donors (Lipinski definition) is 2. The van der Waals surface area contributed by atoms with Crippen LogP contribution in [0.15, 0.2) is 0 Å². The molecule has 0 bridgehead atoms. The zero-order chi connectivity index (χ0) is 6.69. The molecule has 0 unspecified atom stereocenters. The number of aliphatic hydroxyl groups excluding tert-OH is 1. The summed E-state index contributed by atoms with van der Waals surface area (Å²) in [4.78, 5) is 0. The van der Waals surface area contributed by atoms with Gasteiger partial charge in [-0.25, -0.2) is 0 Å². The minimum absolute atomic E-state index is 0. The van der Waals surface area contributed by atoms with Crippen molar-refractivity contribution in [2.75, 3.05) is 13.1 Å². The molecule has 2 atom stereocenters. The Morgan fingerprint density at radius 2 is 2.30 bits per heavy atom. The Morgan fingerprint density at radius 3 is 2.70 bits per heavy atom. The first-order chi connectivity index (χ1) is 4.34. The van der Waals surface area contributed by atoms with Crippen molar-refractivity contribution in [3.05, 3.63) is 0 Å². The molecule has 58 valence electrons. The van der Waals surface area contributed by atoms with Gasteiger partial charge in [0.1, 0.15) is 0 Å². The highest BCUT2D eigenvalue weighted by Crippen LogP contribution is 2.09. The standard InChI is InChI=1S/C6H10N2O.ClH/c7-3-5-1-2-8-4-6(5)9;/h5-6,8-9H,1-2,4H2;1H/t5-,6-;/m0./s1. The van der Waals surface area contributed by atoms with Gasteiger partial charge < -0.3 is 10.4 Å². The lowest BCUT2D eigenvalue weighted by atomic mass is 9.97. The van der Waals surface area contributed by atoms with Crippen LogP contribution in [0, 0.1) is 17.2 Å². The largest absolute Gasteiger partial charge is 0.390 e. The Morgan fingerprint density at radius 1 is 1.60 bits per heavy atom. The number of β-amino-alcohol motifs (C(OH)–C–C–N with tert-alkyl or cyclic N) is 1. The normalized spacial score (nSPS) is 32.0. The maximum atomic E-state index is 9.08. The summed E-state index contributed by atoms with van der Waals surface area (Å²) in [5, 5.41) is 20.5. The molecule has 0 saturated carbocycles. The first-order valence-electron chi connectivity index (χ1n) is 3.13. The van der Waals surface area contributed by atoms with Gasteiger partial charge in [0.05, 0.1) is 18.1 Å². The van der Waals surface area contributed by atoms with Gasteiger partial charge in [-0.2, -0.15) is 5.26 Å². The number of rotatable bonds is 0. The molecule has 1 fully saturated rings. The lowest BCUT2D eigenvalue weighted by Crippen LogP contribution is -2.39. The van der Waals surface area contributed by atoms with E-state index >= 15 is 0 Å². The topological polar surface area (TPSA) is 56.0 Å². The van der Waals surface area contributed by atoms with Crippen molar-refractivity contribution in [2.45, 2.75) is 12.5 Å². The number of nitriles is 1. The molecule has 1 aliphatic heterocycles. The third kappa shape index (κ3) is 2.14. The van der Waals surface area contributed by atoms with E-state index in [1.54, 1.807) is 0 Å². The summed E-state index contributed by atoms with van der Waals surface area (Å²) < 4.78 is 0. The maximum absolute atomic E-state index is 9.08. The van der Waals surface area contributed by atoms with Crippen LogP contribution < -0.4 is 5.32 Å². The molecule has 3 nitrogen and oxygen atoms in total. The number of aliphatic hydroxyl groups is 1. The van der Waals surface area contributed by atoms with E-state index in [2.05, 4.69) is 11.4 Å². The molecule has 0 radical (unpaired) electrons. The molecule has 2 N–H and O–H groups in total.